The van der Waals surface area contributed by atoms with Gasteiger partial charge >= 0.3 is 5.97 Å². The van der Waals surface area contributed by atoms with Gasteiger partial charge in [-0.05, 0) is 49.8 Å². The molecule has 2 aromatic rings. The summed E-state index contributed by atoms with van der Waals surface area (Å²) in [7, 11) is 0. The maximum Gasteiger partial charge on any atom is 0.359 e. The molecular formula is C36H54N4O3S. The van der Waals surface area contributed by atoms with E-state index >= 15 is 0 Å². The predicted octanol–water partition coefficient (Wildman–Crippen LogP) is 9.03. The quantitative estimate of drug-likeness (QED) is 0.130. The van der Waals surface area contributed by atoms with Crippen molar-refractivity contribution in [1.82, 2.24) is 4.98 Å². The number of aromatic nitrogens is 1. The van der Waals surface area contributed by atoms with Crippen LogP contribution in [0.15, 0.2) is 41.0 Å². The molecule has 1 aromatic heterocycles. The fourth-order valence-electron chi connectivity index (χ4n) is 5.55. The monoisotopic (exact) mass is 622 g/mol. The smallest absolute Gasteiger partial charge is 0.359 e. The molecule has 2 unspecified atom stereocenters. The van der Waals surface area contributed by atoms with E-state index in [0.717, 1.165) is 41.6 Å². The molecule has 2 atom stereocenters. The van der Waals surface area contributed by atoms with Gasteiger partial charge < -0.3 is 9.64 Å². The van der Waals surface area contributed by atoms with Gasteiger partial charge in [0.2, 0.25) is 0 Å². The van der Waals surface area contributed by atoms with E-state index in [1.807, 2.05) is 36.4 Å². The van der Waals surface area contributed by atoms with Gasteiger partial charge in [0.1, 0.15) is 0 Å². The summed E-state index contributed by atoms with van der Waals surface area (Å²) in [6.07, 6.45) is 11.4. The van der Waals surface area contributed by atoms with Crippen molar-refractivity contribution < 1.29 is 14.3 Å². The van der Waals surface area contributed by atoms with Gasteiger partial charge in [0, 0.05) is 18.5 Å². The number of carbonyl (C=O) groups is 2. The van der Waals surface area contributed by atoms with Gasteiger partial charge in [-0.2, -0.15) is 10.1 Å². The predicted molar refractivity (Wildman–Crippen MR) is 186 cm³/mol. The zero-order chi connectivity index (χ0) is 32.3. The number of ether oxygens (including phenoxy) is 1. The second-order valence-corrected chi connectivity index (χ2v) is 13.9. The number of carbonyl (C=O) groups excluding carboxylic acids is 2. The second kappa shape index (κ2) is 16.9. The van der Waals surface area contributed by atoms with Crippen LogP contribution in [0, 0.1) is 11.8 Å². The molecule has 0 spiro atoms. The topological polar surface area (TPSA) is 75.1 Å². The Morgan fingerprint density at radius 3 is 2.07 bits per heavy atom. The molecule has 1 aromatic carbocycles. The molecule has 0 saturated carbocycles. The van der Waals surface area contributed by atoms with Gasteiger partial charge in [-0.3, -0.25) is 4.79 Å². The fraction of sp³-hybridized carbons (Fsp3) is 0.611. The van der Waals surface area contributed by atoms with E-state index in [-0.39, 0.29) is 29.2 Å². The highest BCUT2D eigenvalue weighted by molar-refractivity contribution is 7.16. The van der Waals surface area contributed by atoms with Crippen molar-refractivity contribution in [3.63, 3.8) is 0 Å². The van der Waals surface area contributed by atoms with E-state index in [4.69, 9.17) is 9.72 Å². The number of hydrazone groups is 1. The Balaban J connectivity index is 2.11. The molecular weight excluding hydrogens is 568 g/mol. The van der Waals surface area contributed by atoms with Crippen LogP contribution in [0.2, 0.25) is 0 Å². The van der Waals surface area contributed by atoms with Crippen LogP contribution in [-0.4, -0.2) is 42.3 Å². The van der Waals surface area contributed by atoms with Gasteiger partial charge in [0.15, 0.2) is 10.8 Å². The minimum absolute atomic E-state index is 0.0311. The van der Waals surface area contributed by atoms with E-state index < -0.39 is 5.97 Å². The van der Waals surface area contributed by atoms with Gasteiger partial charge in [-0.1, -0.05) is 117 Å². The third-order valence-electron chi connectivity index (χ3n) is 8.29. The lowest BCUT2D eigenvalue weighted by molar-refractivity contribution is -0.135. The molecule has 0 bridgehead atoms. The molecule has 1 aliphatic rings. The summed E-state index contributed by atoms with van der Waals surface area (Å²) >= 11 is 1.62. The molecule has 1 aliphatic heterocycles. The molecule has 8 heteroatoms. The number of anilines is 2. The Labute approximate surface area is 269 Å². The van der Waals surface area contributed by atoms with Crippen molar-refractivity contribution in [3.8, 4) is 0 Å². The zero-order valence-corrected chi connectivity index (χ0v) is 29.1. The van der Waals surface area contributed by atoms with Gasteiger partial charge in [-0.25, -0.2) is 9.78 Å². The number of nitrogens with zero attached hydrogens (tertiary/aromatic N) is 4. The largest absolute Gasteiger partial charge is 0.461 e. The molecule has 242 valence electrons. The van der Waals surface area contributed by atoms with Crippen molar-refractivity contribution in [2.24, 2.45) is 16.9 Å². The van der Waals surface area contributed by atoms with E-state index in [1.54, 1.807) is 18.3 Å². The molecule has 0 saturated heterocycles. The van der Waals surface area contributed by atoms with Crippen LogP contribution in [0.4, 0.5) is 10.8 Å². The molecule has 0 N–H and O–H groups in total. The number of para-hydroxylation sites is 1. The summed E-state index contributed by atoms with van der Waals surface area (Å²) in [5.41, 5.74) is 1.53. The minimum Gasteiger partial charge on any atom is -0.461 e. The lowest BCUT2D eigenvalue weighted by atomic mass is 9.90. The molecule has 2 heterocycles. The number of thiazole rings is 1. The van der Waals surface area contributed by atoms with E-state index in [9.17, 15) is 9.59 Å². The van der Waals surface area contributed by atoms with Crippen LogP contribution in [0.25, 0.3) is 6.08 Å². The second-order valence-electron chi connectivity index (χ2n) is 12.9. The molecule has 0 fully saturated rings. The fourth-order valence-corrected chi connectivity index (χ4v) is 6.79. The Morgan fingerprint density at radius 1 is 0.977 bits per heavy atom. The maximum atomic E-state index is 13.8. The summed E-state index contributed by atoms with van der Waals surface area (Å²) in [5.74, 6) is 0.251. The molecule has 3 rings (SSSR count). The molecule has 0 radical (unpaired) electrons. The number of hydrogen-bond acceptors (Lipinski definition) is 7. The first-order chi connectivity index (χ1) is 21.1. The molecule has 0 aliphatic carbocycles. The average molecular weight is 623 g/mol. The van der Waals surface area contributed by atoms with E-state index in [1.165, 1.54) is 43.5 Å². The molecule has 44 heavy (non-hydrogen) atoms. The zero-order valence-electron chi connectivity index (χ0n) is 28.3. The summed E-state index contributed by atoms with van der Waals surface area (Å²) in [6.45, 7) is 19.5. The third kappa shape index (κ3) is 9.26. The van der Waals surface area contributed by atoms with Gasteiger partial charge in [-0.15, -0.1) is 0 Å². The van der Waals surface area contributed by atoms with Crippen LogP contribution < -0.4 is 9.91 Å². The average Bonchev–Trinajstić information content (AvgIpc) is 3.58. The van der Waals surface area contributed by atoms with Crippen molar-refractivity contribution >= 4 is 45.8 Å². The first-order valence-corrected chi connectivity index (χ1v) is 17.5. The Hall–Kier alpha value is -3.00. The Bertz CT molecular complexity index is 1260. The first kappa shape index (κ1) is 35.5. The maximum absolute atomic E-state index is 13.8. The SMILES string of the molecule is CCCCC(CC)CN(CC(CC)CCCC)c1nc(C(C)(C)C)c(/C=C2\C(=O)N(c3ccccc3)N=C2C(=O)OCC)s1. The van der Waals surface area contributed by atoms with Crippen LogP contribution in [0.1, 0.15) is 117 Å². The number of hydrogen-bond donors (Lipinski definition) is 0. The number of amides is 1. The lowest BCUT2D eigenvalue weighted by Gasteiger charge is -2.30. The standard InChI is InChI=1S/C36H54N4O3S/c1-9-14-19-26(11-3)24-39(25-27(12-4)20-15-10-2)35-37-32(36(6,7)8)30(44-35)23-29-31(34(42)43-13-5)38-40(33(29)41)28-21-17-16-18-22-28/h16-18,21-23,26-27H,9-15,19-20,24-25H2,1-8H3/b29-23-. The van der Waals surface area contributed by atoms with Gasteiger partial charge in [0.25, 0.3) is 5.91 Å². The van der Waals surface area contributed by atoms with Crippen molar-refractivity contribution in [3.05, 3.63) is 46.5 Å². The number of esters is 1. The Kier molecular flexibility index (Phi) is 13.6. The van der Waals surface area contributed by atoms with E-state index in [2.05, 4.69) is 58.5 Å². The first-order valence-electron chi connectivity index (χ1n) is 16.7. The van der Waals surface area contributed by atoms with Crippen molar-refractivity contribution in [2.75, 3.05) is 29.6 Å². The summed E-state index contributed by atoms with van der Waals surface area (Å²) in [4.78, 5) is 35.5. The van der Waals surface area contributed by atoms with Crippen LogP contribution in [0.3, 0.4) is 0 Å². The highest BCUT2D eigenvalue weighted by Gasteiger charge is 2.37. The number of benzene rings is 1. The lowest BCUT2D eigenvalue weighted by Crippen LogP contribution is -2.34. The summed E-state index contributed by atoms with van der Waals surface area (Å²) in [5, 5.41) is 6.74. The minimum atomic E-state index is -0.599. The Morgan fingerprint density at radius 2 is 1.57 bits per heavy atom. The highest BCUT2D eigenvalue weighted by atomic mass is 32.1. The number of unbranched alkanes of at least 4 members (excludes halogenated alkanes) is 2. The van der Waals surface area contributed by atoms with Gasteiger partial charge in [0.05, 0.1) is 28.4 Å². The van der Waals surface area contributed by atoms with Crippen molar-refractivity contribution in [1.29, 1.82) is 0 Å². The van der Waals surface area contributed by atoms with Crippen LogP contribution >= 0.6 is 11.3 Å². The number of rotatable bonds is 17. The molecule has 1 amide bonds. The van der Waals surface area contributed by atoms with Crippen LogP contribution in [0.5, 0.6) is 0 Å². The normalized spacial score (nSPS) is 15.9. The highest BCUT2D eigenvalue weighted by Crippen LogP contribution is 2.38. The summed E-state index contributed by atoms with van der Waals surface area (Å²) in [6, 6.07) is 9.19. The third-order valence-corrected chi connectivity index (χ3v) is 9.35. The molecule has 7 nitrogen and oxygen atoms in total. The van der Waals surface area contributed by atoms with Crippen LogP contribution in [-0.2, 0) is 19.7 Å². The summed E-state index contributed by atoms with van der Waals surface area (Å²) < 4.78 is 5.33. The van der Waals surface area contributed by atoms with Crippen molar-refractivity contribution in [2.45, 2.75) is 112 Å². The van der Waals surface area contributed by atoms with E-state index in [0.29, 0.717) is 17.5 Å².